The maximum absolute atomic E-state index is 12.2. The second-order valence-electron chi connectivity index (χ2n) is 6.33. The molecule has 0 aliphatic heterocycles. The van der Waals surface area contributed by atoms with Crippen molar-refractivity contribution in [1.29, 1.82) is 0 Å². The van der Waals surface area contributed by atoms with Crippen molar-refractivity contribution >= 4 is 0 Å². The minimum atomic E-state index is -0.226. The fourth-order valence-electron chi connectivity index (χ4n) is 2.74. The van der Waals surface area contributed by atoms with E-state index in [9.17, 15) is 9.90 Å². The molecule has 5 heteroatoms. The molecule has 0 radical (unpaired) electrons. The zero-order valence-corrected chi connectivity index (χ0v) is 14.9. The van der Waals surface area contributed by atoms with Gasteiger partial charge in [-0.25, -0.2) is 0 Å². The van der Waals surface area contributed by atoms with Crippen LogP contribution in [0.25, 0.3) is 0 Å². The highest BCUT2D eigenvalue weighted by Gasteiger charge is 2.11. The van der Waals surface area contributed by atoms with Crippen molar-refractivity contribution in [3.05, 3.63) is 64.1 Å². The van der Waals surface area contributed by atoms with Crippen molar-refractivity contribution < 1.29 is 9.84 Å². The van der Waals surface area contributed by atoms with E-state index in [1.165, 1.54) is 6.07 Å². The van der Waals surface area contributed by atoms with Gasteiger partial charge in [0.15, 0.2) is 5.75 Å². The number of aliphatic hydroxyl groups excluding tert-OH is 1. The van der Waals surface area contributed by atoms with Crippen LogP contribution in [0, 0.1) is 0 Å². The van der Waals surface area contributed by atoms with Crippen molar-refractivity contribution in [2.75, 3.05) is 0 Å². The van der Waals surface area contributed by atoms with Gasteiger partial charge in [0, 0.05) is 24.3 Å². The molecule has 25 heavy (non-hydrogen) atoms. The van der Waals surface area contributed by atoms with Crippen LogP contribution in [0.4, 0.5) is 0 Å². The summed E-state index contributed by atoms with van der Waals surface area (Å²) < 4.78 is 7.52. The summed E-state index contributed by atoms with van der Waals surface area (Å²) in [6, 6.07) is 11.1. The Morgan fingerprint density at radius 1 is 1.24 bits per heavy atom. The Kier molecular flexibility index (Phi) is 7.70. The topological polar surface area (TPSA) is 77.5 Å². The molecule has 0 aliphatic carbocycles. The third-order valence-electron chi connectivity index (χ3n) is 4.19. The van der Waals surface area contributed by atoms with Gasteiger partial charge in [-0.3, -0.25) is 4.79 Å². The number of unbranched alkanes of at least 4 members (excludes halogenated alkanes) is 2. The molecule has 0 spiro atoms. The predicted octanol–water partition coefficient (Wildman–Crippen LogP) is 2.83. The van der Waals surface area contributed by atoms with Crippen LogP contribution in [0.1, 0.15) is 43.9 Å². The molecule has 0 saturated carbocycles. The second-order valence-corrected chi connectivity index (χ2v) is 6.33. The first-order chi connectivity index (χ1) is 12.1. The van der Waals surface area contributed by atoms with E-state index in [0.29, 0.717) is 18.8 Å². The highest BCUT2D eigenvalue weighted by atomic mass is 16.5. The molecule has 1 aromatic carbocycles. The average Bonchev–Trinajstić information content (AvgIpc) is 2.62. The van der Waals surface area contributed by atoms with Crippen LogP contribution in [-0.4, -0.2) is 15.7 Å². The lowest BCUT2D eigenvalue weighted by Crippen LogP contribution is -2.28. The third kappa shape index (κ3) is 6.03. The van der Waals surface area contributed by atoms with E-state index >= 15 is 0 Å². The van der Waals surface area contributed by atoms with Gasteiger partial charge in [0.1, 0.15) is 6.61 Å². The molecule has 1 heterocycles. The lowest BCUT2D eigenvalue weighted by molar-refractivity contribution is 0.263. The number of hydrogen-bond acceptors (Lipinski definition) is 4. The number of nitrogens with zero attached hydrogens (tertiary/aromatic N) is 1. The Labute approximate surface area is 149 Å². The SMILES string of the molecule is CCCCCC(N)Cn1cc(OCc2ccccc2)c(=O)cc1CO. The van der Waals surface area contributed by atoms with E-state index in [1.54, 1.807) is 6.20 Å². The first kappa shape index (κ1) is 19.2. The molecule has 0 amide bonds. The van der Waals surface area contributed by atoms with Crippen molar-refractivity contribution in [3.63, 3.8) is 0 Å². The van der Waals surface area contributed by atoms with Gasteiger partial charge in [0.05, 0.1) is 12.8 Å². The van der Waals surface area contributed by atoms with Crippen LogP contribution in [0.3, 0.4) is 0 Å². The predicted molar refractivity (Wildman–Crippen MR) is 99.5 cm³/mol. The fourth-order valence-corrected chi connectivity index (χ4v) is 2.74. The summed E-state index contributed by atoms with van der Waals surface area (Å²) in [6.07, 6.45) is 5.99. The normalized spacial score (nSPS) is 12.1. The average molecular weight is 344 g/mol. The number of rotatable bonds is 10. The zero-order valence-electron chi connectivity index (χ0n) is 14.9. The van der Waals surface area contributed by atoms with Crippen molar-refractivity contribution in [2.45, 2.75) is 58.4 Å². The van der Waals surface area contributed by atoms with Gasteiger partial charge in [-0.1, -0.05) is 56.5 Å². The van der Waals surface area contributed by atoms with Crippen molar-refractivity contribution in [1.82, 2.24) is 4.57 Å². The summed E-state index contributed by atoms with van der Waals surface area (Å²) in [6.45, 7) is 2.85. The van der Waals surface area contributed by atoms with Crippen LogP contribution in [-0.2, 0) is 19.8 Å². The fraction of sp³-hybridized carbons (Fsp3) is 0.450. The van der Waals surface area contributed by atoms with Gasteiger partial charge in [0.2, 0.25) is 5.43 Å². The quantitative estimate of drug-likeness (QED) is 0.650. The Morgan fingerprint density at radius 2 is 2.00 bits per heavy atom. The Balaban J connectivity index is 2.08. The highest BCUT2D eigenvalue weighted by Crippen LogP contribution is 2.12. The maximum Gasteiger partial charge on any atom is 0.223 e. The summed E-state index contributed by atoms with van der Waals surface area (Å²) >= 11 is 0. The van der Waals surface area contributed by atoms with Gasteiger partial charge >= 0.3 is 0 Å². The molecule has 2 rings (SSSR count). The molecule has 0 aliphatic rings. The molecular weight excluding hydrogens is 316 g/mol. The largest absolute Gasteiger partial charge is 0.483 e. The van der Waals surface area contributed by atoms with Crippen LogP contribution in [0.5, 0.6) is 5.75 Å². The Hall–Kier alpha value is -2.11. The first-order valence-electron chi connectivity index (χ1n) is 8.90. The summed E-state index contributed by atoms with van der Waals surface area (Å²) in [5.41, 5.74) is 7.53. The first-order valence-corrected chi connectivity index (χ1v) is 8.90. The third-order valence-corrected chi connectivity index (χ3v) is 4.19. The molecular formula is C20H28N2O3. The van der Waals surface area contributed by atoms with E-state index in [1.807, 2.05) is 34.9 Å². The number of nitrogens with two attached hydrogens (primary N) is 1. The number of pyridine rings is 1. The molecule has 0 fully saturated rings. The summed E-state index contributed by atoms with van der Waals surface area (Å²) in [7, 11) is 0. The number of benzene rings is 1. The monoisotopic (exact) mass is 344 g/mol. The second kappa shape index (κ2) is 10.0. The van der Waals surface area contributed by atoms with E-state index in [-0.39, 0.29) is 23.8 Å². The summed E-state index contributed by atoms with van der Waals surface area (Å²) in [5, 5.41) is 9.53. The molecule has 5 nitrogen and oxygen atoms in total. The molecule has 2 aromatic rings. The van der Waals surface area contributed by atoms with Gasteiger partial charge in [-0.15, -0.1) is 0 Å². The standard InChI is InChI=1S/C20H28N2O3/c1-2-3-5-10-17(21)12-22-13-20(19(24)11-18(22)14-23)25-15-16-8-6-4-7-9-16/h4,6-9,11,13,17,23H,2-3,5,10,12,14-15,21H2,1H3. The molecule has 1 unspecified atom stereocenters. The minimum Gasteiger partial charge on any atom is -0.483 e. The Bertz CT molecular complexity index is 698. The van der Waals surface area contributed by atoms with Crippen LogP contribution in [0.2, 0.25) is 0 Å². The molecule has 1 aromatic heterocycles. The molecule has 136 valence electrons. The van der Waals surface area contributed by atoms with E-state index in [4.69, 9.17) is 10.5 Å². The molecule has 0 saturated heterocycles. The van der Waals surface area contributed by atoms with Crippen LogP contribution in [0.15, 0.2) is 47.4 Å². The van der Waals surface area contributed by atoms with Gasteiger partial charge in [0.25, 0.3) is 0 Å². The van der Waals surface area contributed by atoms with Gasteiger partial charge < -0.3 is 20.1 Å². The van der Waals surface area contributed by atoms with Crippen LogP contribution < -0.4 is 15.9 Å². The lowest BCUT2D eigenvalue weighted by atomic mass is 10.1. The van der Waals surface area contributed by atoms with E-state index < -0.39 is 0 Å². The lowest BCUT2D eigenvalue weighted by Gasteiger charge is -2.18. The molecule has 3 N–H and O–H groups in total. The number of aromatic nitrogens is 1. The van der Waals surface area contributed by atoms with Gasteiger partial charge in [-0.05, 0) is 12.0 Å². The number of aliphatic hydroxyl groups is 1. The highest BCUT2D eigenvalue weighted by molar-refractivity contribution is 5.23. The Morgan fingerprint density at radius 3 is 2.68 bits per heavy atom. The minimum absolute atomic E-state index is 0.0127. The summed E-state index contributed by atoms with van der Waals surface area (Å²) in [4.78, 5) is 12.2. The smallest absolute Gasteiger partial charge is 0.223 e. The summed E-state index contributed by atoms with van der Waals surface area (Å²) in [5.74, 6) is 0.279. The molecule has 0 bridgehead atoms. The number of hydrogen-bond donors (Lipinski definition) is 2. The zero-order chi connectivity index (χ0) is 18.1. The number of ether oxygens (including phenoxy) is 1. The van der Waals surface area contributed by atoms with Crippen molar-refractivity contribution in [3.8, 4) is 5.75 Å². The maximum atomic E-state index is 12.2. The van der Waals surface area contributed by atoms with E-state index in [2.05, 4.69) is 6.92 Å². The van der Waals surface area contributed by atoms with Crippen LogP contribution >= 0.6 is 0 Å². The molecule has 1 atom stereocenters. The van der Waals surface area contributed by atoms with Gasteiger partial charge in [-0.2, -0.15) is 0 Å². The van der Waals surface area contributed by atoms with E-state index in [0.717, 1.165) is 31.2 Å². The van der Waals surface area contributed by atoms with Crippen molar-refractivity contribution in [2.24, 2.45) is 5.73 Å².